The first-order valence-electron chi connectivity index (χ1n) is 8.87. The fourth-order valence-corrected chi connectivity index (χ4v) is 2.78. The van der Waals surface area contributed by atoms with Gasteiger partial charge in [0.15, 0.2) is 11.5 Å². The van der Waals surface area contributed by atoms with Gasteiger partial charge in [0.1, 0.15) is 30.5 Å². The first kappa shape index (κ1) is 17.7. The minimum atomic E-state index is -0.325. The van der Waals surface area contributed by atoms with Crippen molar-refractivity contribution in [2.75, 3.05) is 23.8 Å². The highest BCUT2D eigenvalue weighted by Crippen LogP contribution is 2.32. The van der Waals surface area contributed by atoms with Crippen LogP contribution in [0.1, 0.15) is 21.9 Å². The lowest BCUT2D eigenvalue weighted by Crippen LogP contribution is -2.17. The number of aryl methyl sites for hydroxylation is 1. The second-order valence-electron chi connectivity index (χ2n) is 6.21. The Hall–Kier alpha value is -3.68. The third-order valence-electron chi connectivity index (χ3n) is 4.09. The highest BCUT2D eigenvalue weighted by Gasteiger charge is 2.15. The lowest BCUT2D eigenvalue weighted by atomic mass is 10.2. The fourth-order valence-electron chi connectivity index (χ4n) is 2.78. The van der Waals surface area contributed by atoms with Crippen molar-refractivity contribution < 1.29 is 14.3 Å². The van der Waals surface area contributed by atoms with E-state index in [1.165, 1.54) is 0 Å². The summed E-state index contributed by atoms with van der Waals surface area (Å²) in [6.07, 6.45) is 3.46. The van der Waals surface area contributed by atoms with Crippen LogP contribution < -0.4 is 20.1 Å². The van der Waals surface area contributed by atoms with Crippen molar-refractivity contribution in [3.05, 3.63) is 65.9 Å². The van der Waals surface area contributed by atoms with Crippen LogP contribution in [-0.4, -0.2) is 34.1 Å². The van der Waals surface area contributed by atoms with Crippen molar-refractivity contribution >= 4 is 17.4 Å². The number of anilines is 2. The van der Waals surface area contributed by atoms with Crippen LogP contribution in [0.25, 0.3) is 0 Å². The van der Waals surface area contributed by atoms with Crippen LogP contribution in [0.2, 0.25) is 0 Å². The third-order valence-corrected chi connectivity index (χ3v) is 4.09. The van der Waals surface area contributed by atoms with E-state index < -0.39 is 0 Å². The Labute approximate surface area is 162 Å². The van der Waals surface area contributed by atoms with Crippen molar-refractivity contribution in [1.82, 2.24) is 15.0 Å². The van der Waals surface area contributed by atoms with Gasteiger partial charge in [-0.3, -0.25) is 9.78 Å². The summed E-state index contributed by atoms with van der Waals surface area (Å²) in [7, 11) is 0. The maximum atomic E-state index is 12.7. The molecular formula is C20H19N5O3. The molecule has 1 amide bonds. The van der Waals surface area contributed by atoms with Gasteiger partial charge < -0.3 is 20.1 Å². The minimum Gasteiger partial charge on any atom is -0.486 e. The van der Waals surface area contributed by atoms with Gasteiger partial charge in [-0.15, -0.1) is 0 Å². The van der Waals surface area contributed by atoms with E-state index >= 15 is 0 Å². The molecule has 0 atom stereocenters. The Balaban J connectivity index is 1.47. The van der Waals surface area contributed by atoms with Crippen LogP contribution in [0.15, 0.2) is 48.8 Å². The molecule has 1 aliphatic heterocycles. The molecule has 0 saturated heterocycles. The summed E-state index contributed by atoms with van der Waals surface area (Å²) >= 11 is 0. The van der Waals surface area contributed by atoms with Crippen LogP contribution >= 0.6 is 0 Å². The minimum absolute atomic E-state index is 0.277. The Kier molecular flexibility index (Phi) is 5.01. The number of ether oxygens (including phenoxy) is 2. The van der Waals surface area contributed by atoms with E-state index in [-0.39, 0.29) is 11.6 Å². The van der Waals surface area contributed by atoms with Crippen LogP contribution in [0.5, 0.6) is 11.5 Å². The van der Waals surface area contributed by atoms with Gasteiger partial charge in [-0.05, 0) is 36.8 Å². The molecule has 2 aromatic heterocycles. The first-order valence-corrected chi connectivity index (χ1v) is 8.87. The SMILES string of the molecule is Cc1nc(NCc2ccncc2)cc(C(=O)Nc2ccc3c(c2)OCCO3)n1. The van der Waals surface area contributed by atoms with Gasteiger partial charge >= 0.3 is 0 Å². The number of hydrogen-bond donors (Lipinski definition) is 2. The van der Waals surface area contributed by atoms with Crippen LogP contribution in [0.4, 0.5) is 11.5 Å². The van der Waals surface area contributed by atoms with Crippen LogP contribution in [0.3, 0.4) is 0 Å². The van der Waals surface area contributed by atoms with E-state index in [1.807, 2.05) is 12.1 Å². The molecule has 8 nitrogen and oxygen atoms in total. The number of amides is 1. The molecule has 0 unspecified atom stereocenters. The third kappa shape index (κ3) is 4.17. The molecule has 28 heavy (non-hydrogen) atoms. The predicted octanol–water partition coefficient (Wildman–Crippen LogP) is 2.82. The second-order valence-corrected chi connectivity index (χ2v) is 6.21. The summed E-state index contributed by atoms with van der Waals surface area (Å²) in [6.45, 7) is 3.33. The Morgan fingerprint density at radius 3 is 2.64 bits per heavy atom. The number of benzene rings is 1. The van der Waals surface area contributed by atoms with Crippen molar-refractivity contribution in [1.29, 1.82) is 0 Å². The van der Waals surface area contributed by atoms with Gasteiger partial charge in [0, 0.05) is 36.8 Å². The number of pyridine rings is 1. The molecule has 0 radical (unpaired) electrons. The smallest absolute Gasteiger partial charge is 0.274 e. The van der Waals surface area contributed by atoms with E-state index in [0.29, 0.717) is 48.6 Å². The summed E-state index contributed by atoms with van der Waals surface area (Å²) in [5.74, 6) is 2.05. The Morgan fingerprint density at radius 1 is 1.04 bits per heavy atom. The molecule has 142 valence electrons. The summed E-state index contributed by atoms with van der Waals surface area (Å²) in [6, 6.07) is 10.7. The predicted molar refractivity (Wildman–Crippen MR) is 104 cm³/mol. The monoisotopic (exact) mass is 377 g/mol. The molecule has 2 N–H and O–H groups in total. The normalized spacial score (nSPS) is 12.3. The van der Waals surface area contributed by atoms with Crippen LogP contribution in [-0.2, 0) is 6.54 Å². The number of hydrogen-bond acceptors (Lipinski definition) is 7. The molecule has 3 aromatic rings. The van der Waals surface area contributed by atoms with Gasteiger partial charge in [0.25, 0.3) is 5.91 Å². The van der Waals surface area contributed by atoms with Gasteiger partial charge in [0.05, 0.1) is 0 Å². The molecule has 0 spiro atoms. The van der Waals surface area contributed by atoms with Gasteiger partial charge in [-0.1, -0.05) is 0 Å². The molecule has 8 heteroatoms. The zero-order valence-corrected chi connectivity index (χ0v) is 15.3. The van der Waals surface area contributed by atoms with Gasteiger partial charge in [-0.2, -0.15) is 0 Å². The standard InChI is InChI=1S/C20H19N5O3/c1-13-23-16(11-19(24-13)22-12-14-4-6-21-7-5-14)20(26)25-15-2-3-17-18(10-15)28-9-8-27-17/h2-7,10-11H,8-9,12H2,1H3,(H,25,26)(H,22,23,24). The maximum absolute atomic E-state index is 12.7. The average molecular weight is 377 g/mol. The van der Waals surface area contributed by atoms with Crippen molar-refractivity contribution in [2.24, 2.45) is 0 Å². The van der Waals surface area contributed by atoms with E-state index in [0.717, 1.165) is 5.56 Å². The largest absolute Gasteiger partial charge is 0.486 e. The summed E-state index contributed by atoms with van der Waals surface area (Å²) in [4.78, 5) is 25.2. The topological polar surface area (TPSA) is 98.3 Å². The molecule has 0 bridgehead atoms. The molecule has 0 fully saturated rings. The fraction of sp³-hybridized carbons (Fsp3) is 0.200. The summed E-state index contributed by atoms with van der Waals surface area (Å²) in [5.41, 5.74) is 1.95. The maximum Gasteiger partial charge on any atom is 0.274 e. The quantitative estimate of drug-likeness (QED) is 0.705. The Bertz CT molecular complexity index is 994. The lowest BCUT2D eigenvalue weighted by molar-refractivity contribution is 0.102. The molecule has 3 heterocycles. The zero-order valence-electron chi connectivity index (χ0n) is 15.3. The number of nitrogens with zero attached hydrogens (tertiary/aromatic N) is 3. The van der Waals surface area contributed by atoms with E-state index in [9.17, 15) is 4.79 Å². The van der Waals surface area contributed by atoms with Gasteiger partial charge in [0.2, 0.25) is 0 Å². The molecule has 1 aromatic carbocycles. The van der Waals surface area contributed by atoms with E-state index in [2.05, 4.69) is 25.6 Å². The number of fused-ring (bicyclic) bond motifs is 1. The molecule has 4 rings (SSSR count). The second kappa shape index (κ2) is 7.91. The van der Waals surface area contributed by atoms with Gasteiger partial charge in [-0.25, -0.2) is 9.97 Å². The highest BCUT2D eigenvalue weighted by atomic mass is 16.6. The number of nitrogens with one attached hydrogen (secondary N) is 2. The van der Waals surface area contributed by atoms with Crippen molar-refractivity contribution in [2.45, 2.75) is 13.5 Å². The molecule has 0 saturated carbocycles. The number of aromatic nitrogens is 3. The lowest BCUT2D eigenvalue weighted by Gasteiger charge is -2.19. The van der Waals surface area contributed by atoms with Crippen molar-refractivity contribution in [3.63, 3.8) is 0 Å². The zero-order chi connectivity index (χ0) is 19.3. The number of rotatable bonds is 5. The van der Waals surface area contributed by atoms with E-state index in [4.69, 9.17) is 9.47 Å². The van der Waals surface area contributed by atoms with Crippen LogP contribution in [0, 0.1) is 6.92 Å². The number of carbonyl (C=O) groups is 1. The summed E-state index contributed by atoms with van der Waals surface area (Å²) in [5, 5.41) is 6.04. The highest BCUT2D eigenvalue weighted by molar-refractivity contribution is 6.03. The van der Waals surface area contributed by atoms with E-state index in [1.54, 1.807) is 43.6 Å². The Morgan fingerprint density at radius 2 is 1.82 bits per heavy atom. The van der Waals surface area contributed by atoms with Crippen molar-refractivity contribution in [3.8, 4) is 11.5 Å². The molecule has 1 aliphatic rings. The molecule has 0 aliphatic carbocycles. The number of carbonyl (C=O) groups excluding carboxylic acids is 1. The summed E-state index contributed by atoms with van der Waals surface area (Å²) < 4.78 is 11.0. The average Bonchev–Trinajstić information content (AvgIpc) is 2.72. The molecular weight excluding hydrogens is 358 g/mol. The first-order chi connectivity index (χ1) is 13.7.